The third kappa shape index (κ3) is 5.12. The largest absolute Gasteiger partial charge is 0.478 e. The highest BCUT2D eigenvalue weighted by Gasteiger charge is 2.37. The summed E-state index contributed by atoms with van der Waals surface area (Å²) in [6, 6.07) is 14.5. The maximum atomic E-state index is 13.6. The Balaban J connectivity index is 1.44. The first-order valence-electron chi connectivity index (χ1n) is 12.0. The number of carbonyl (C=O) groups is 4. The van der Waals surface area contributed by atoms with Crippen LogP contribution in [0.5, 0.6) is 0 Å². The number of fused-ring (bicyclic) bond motifs is 1. The zero-order valence-electron chi connectivity index (χ0n) is 20.5. The molecule has 1 unspecified atom stereocenters. The molecule has 194 valence electrons. The van der Waals surface area contributed by atoms with E-state index in [0.29, 0.717) is 5.65 Å². The molecule has 0 aliphatic heterocycles. The van der Waals surface area contributed by atoms with Crippen LogP contribution in [-0.2, 0) is 11.3 Å². The van der Waals surface area contributed by atoms with Crippen LogP contribution in [-0.4, -0.2) is 51.3 Å². The molecule has 1 aliphatic rings. The predicted octanol–water partition coefficient (Wildman–Crippen LogP) is 2.73. The number of carbonyl (C=O) groups excluding carboxylic acids is 3. The fourth-order valence-corrected chi connectivity index (χ4v) is 4.17. The number of rotatable bonds is 9. The van der Waals surface area contributed by atoms with Crippen molar-refractivity contribution in [1.29, 1.82) is 0 Å². The van der Waals surface area contributed by atoms with Crippen LogP contribution in [0.25, 0.3) is 5.65 Å². The van der Waals surface area contributed by atoms with Crippen molar-refractivity contribution in [2.75, 3.05) is 11.9 Å². The Kier molecular flexibility index (Phi) is 6.65. The van der Waals surface area contributed by atoms with Crippen LogP contribution in [0.15, 0.2) is 71.4 Å². The Hall–Kier alpha value is -4.93. The second kappa shape index (κ2) is 10.2. The van der Waals surface area contributed by atoms with Crippen LogP contribution in [0.1, 0.15) is 49.8 Å². The van der Waals surface area contributed by atoms with Crippen LogP contribution >= 0.6 is 0 Å². The Morgan fingerprint density at radius 3 is 2.53 bits per heavy atom. The van der Waals surface area contributed by atoms with Gasteiger partial charge in [-0.15, -0.1) is 0 Å². The lowest BCUT2D eigenvalue weighted by molar-refractivity contribution is -0.122. The highest BCUT2D eigenvalue weighted by atomic mass is 16.4. The number of hydrogen-bond acceptors (Lipinski definition) is 6. The van der Waals surface area contributed by atoms with Crippen molar-refractivity contribution >= 4 is 35.2 Å². The molecule has 0 spiro atoms. The van der Waals surface area contributed by atoms with Crippen molar-refractivity contribution < 1.29 is 28.7 Å². The van der Waals surface area contributed by atoms with E-state index in [1.54, 1.807) is 0 Å². The van der Waals surface area contributed by atoms with Gasteiger partial charge in [-0.05, 0) is 42.5 Å². The second-order valence-electron chi connectivity index (χ2n) is 9.03. The maximum absolute atomic E-state index is 13.6. The van der Waals surface area contributed by atoms with Gasteiger partial charge in [-0.25, -0.2) is 9.78 Å². The van der Waals surface area contributed by atoms with Gasteiger partial charge in [0.2, 0.25) is 11.8 Å². The number of pyridine rings is 1. The minimum atomic E-state index is -1.10. The third-order valence-corrected chi connectivity index (χ3v) is 6.34. The molecule has 3 heterocycles. The normalized spacial score (nSPS) is 13.6. The number of nitrogens with one attached hydrogen (secondary N) is 2. The van der Waals surface area contributed by atoms with E-state index in [1.807, 2.05) is 30.3 Å². The average molecular weight is 516 g/mol. The van der Waals surface area contributed by atoms with Gasteiger partial charge in [0.25, 0.3) is 11.8 Å². The van der Waals surface area contributed by atoms with Crippen LogP contribution in [0.2, 0.25) is 0 Å². The summed E-state index contributed by atoms with van der Waals surface area (Å²) in [5, 5.41) is 14.6. The van der Waals surface area contributed by atoms with E-state index >= 15 is 0 Å². The number of anilines is 1. The minimum absolute atomic E-state index is 0.0403. The molecule has 1 aromatic carbocycles. The number of nitrogens with zero attached hydrogens (tertiary/aromatic N) is 3. The monoisotopic (exact) mass is 515 g/mol. The number of imidazole rings is 1. The molecule has 4 aromatic rings. The number of carboxylic acids is 1. The summed E-state index contributed by atoms with van der Waals surface area (Å²) in [6.07, 6.45) is 4.53. The smallest absolute Gasteiger partial charge is 0.337 e. The summed E-state index contributed by atoms with van der Waals surface area (Å²) in [4.78, 5) is 55.8. The fraction of sp³-hybridized carbons (Fsp3) is 0.222. The lowest BCUT2D eigenvalue weighted by Crippen LogP contribution is -2.47. The number of benzene rings is 1. The molecular weight excluding hydrogens is 490 g/mol. The van der Waals surface area contributed by atoms with E-state index in [4.69, 9.17) is 4.42 Å². The Labute approximate surface area is 217 Å². The van der Waals surface area contributed by atoms with Gasteiger partial charge in [-0.3, -0.25) is 19.3 Å². The summed E-state index contributed by atoms with van der Waals surface area (Å²) in [5.74, 6) is -2.26. The fourth-order valence-electron chi connectivity index (χ4n) is 4.17. The highest BCUT2D eigenvalue weighted by molar-refractivity contribution is 6.05. The van der Waals surface area contributed by atoms with Gasteiger partial charge in [0.1, 0.15) is 17.4 Å². The van der Waals surface area contributed by atoms with Gasteiger partial charge >= 0.3 is 5.97 Å². The van der Waals surface area contributed by atoms with Crippen molar-refractivity contribution in [2.24, 2.45) is 5.92 Å². The predicted molar refractivity (Wildman–Crippen MR) is 136 cm³/mol. The number of amides is 3. The van der Waals surface area contributed by atoms with E-state index in [1.165, 1.54) is 53.0 Å². The lowest BCUT2D eigenvalue weighted by atomic mass is 10.1. The molecule has 0 saturated heterocycles. The number of aromatic nitrogens is 2. The first-order chi connectivity index (χ1) is 18.3. The molecule has 0 bridgehead atoms. The second-order valence-corrected chi connectivity index (χ2v) is 9.03. The molecular formula is C27H25N5O6. The van der Waals surface area contributed by atoms with E-state index < -0.39 is 23.8 Å². The van der Waals surface area contributed by atoms with Crippen molar-refractivity contribution in [3.8, 4) is 0 Å². The number of carboxylic acid groups (broad SMARTS) is 1. The van der Waals surface area contributed by atoms with Crippen LogP contribution < -0.4 is 15.5 Å². The molecule has 1 aliphatic carbocycles. The van der Waals surface area contributed by atoms with Gasteiger partial charge < -0.3 is 24.6 Å². The zero-order valence-corrected chi connectivity index (χ0v) is 20.5. The number of hydrogen-bond donors (Lipinski definition) is 3. The van der Waals surface area contributed by atoms with Gasteiger partial charge in [0, 0.05) is 25.5 Å². The number of furan rings is 1. The molecule has 38 heavy (non-hydrogen) atoms. The van der Waals surface area contributed by atoms with Gasteiger partial charge in [0.15, 0.2) is 5.76 Å². The van der Waals surface area contributed by atoms with Crippen molar-refractivity contribution in [3.05, 3.63) is 89.6 Å². The van der Waals surface area contributed by atoms with Crippen molar-refractivity contribution in [3.63, 3.8) is 0 Å². The number of likely N-dealkylation sites (N-methyl/N-ethyl adjacent to an activating group) is 1. The van der Waals surface area contributed by atoms with Crippen LogP contribution in [0.3, 0.4) is 0 Å². The lowest BCUT2D eigenvalue weighted by Gasteiger charge is -2.19. The summed E-state index contributed by atoms with van der Waals surface area (Å²) >= 11 is 0. The van der Waals surface area contributed by atoms with E-state index in [0.717, 1.165) is 18.4 Å². The molecule has 1 fully saturated rings. The van der Waals surface area contributed by atoms with Crippen LogP contribution in [0.4, 0.5) is 5.88 Å². The van der Waals surface area contributed by atoms with Gasteiger partial charge in [-0.1, -0.05) is 30.3 Å². The molecule has 0 radical (unpaired) electrons. The molecule has 3 amide bonds. The van der Waals surface area contributed by atoms with E-state index in [2.05, 4.69) is 15.6 Å². The molecule has 11 nitrogen and oxygen atoms in total. The summed E-state index contributed by atoms with van der Waals surface area (Å²) in [6.45, 7) is 0.130. The minimum Gasteiger partial charge on any atom is -0.478 e. The molecule has 1 saturated carbocycles. The Bertz CT molecular complexity index is 1520. The summed E-state index contributed by atoms with van der Waals surface area (Å²) in [7, 11) is 1.52. The highest BCUT2D eigenvalue weighted by Crippen LogP contribution is 2.33. The summed E-state index contributed by atoms with van der Waals surface area (Å²) < 4.78 is 7.28. The Morgan fingerprint density at radius 1 is 1.08 bits per heavy atom. The van der Waals surface area contributed by atoms with E-state index in [9.17, 15) is 24.3 Å². The standard InChI is InChI=1S/C27H25N5O6/c1-28-25(34)23(17-7-8-17)30-24(33)20-10-12-22(38-20)32(13-16-5-3-2-4-6-16)26(35)19-15-31-14-18(27(36)37)9-11-21(31)29-19/h2-6,9-12,14-15,17,23H,7-8,13H2,1H3,(H,28,34)(H,30,33)(H,36,37). The molecule has 1 atom stereocenters. The van der Waals surface area contributed by atoms with Crippen LogP contribution in [0, 0.1) is 5.92 Å². The SMILES string of the molecule is CNC(=O)C(NC(=O)c1ccc(N(Cc2ccccc2)C(=O)c2cn3cc(C(=O)O)ccc3n2)o1)C1CC1. The first kappa shape index (κ1) is 24.8. The summed E-state index contributed by atoms with van der Waals surface area (Å²) in [5.41, 5.74) is 1.34. The van der Waals surface area contributed by atoms with E-state index in [-0.39, 0.29) is 41.3 Å². The zero-order chi connectivity index (χ0) is 26.8. The third-order valence-electron chi connectivity index (χ3n) is 6.34. The first-order valence-corrected chi connectivity index (χ1v) is 12.0. The van der Waals surface area contributed by atoms with Crippen molar-refractivity contribution in [2.45, 2.75) is 25.4 Å². The van der Waals surface area contributed by atoms with Gasteiger partial charge in [-0.2, -0.15) is 0 Å². The quantitative estimate of drug-likeness (QED) is 0.311. The van der Waals surface area contributed by atoms with Gasteiger partial charge in [0.05, 0.1) is 12.1 Å². The average Bonchev–Trinajstić information content (AvgIpc) is 3.48. The number of aromatic carboxylic acids is 1. The molecule has 3 aromatic heterocycles. The molecule has 3 N–H and O–H groups in total. The molecule has 11 heteroatoms. The maximum Gasteiger partial charge on any atom is 0.337 e. The topological polar surface area (TPSA) is 146 Å². The molecule has 5 rings (SSSR count). The Morgan fingerprint density at radius 2 is 1.84 bits per heavy atom. The van der Waals surface area contributed by atoms with Crippen molar-refractivity contribution in [1.82, 2.24) is 20.0 Å².